The lowest BCUT2D eigenvalue weighted by Crippen LogP contribution is -2.42. The molecule has 1 aromatic heterocycles. The van der Waals surface area contributed by atoms with Gasteiger partial charge in [0.05, 0.1) is 24.1 Å². The van der Waals surface area contributed by atoms with Crippen molar-refractivity contribution in [1.82, 2.24) is 14.5 Å². The molecule has 1 fully saturated rings. The zero-order valence-corrected chi connectivity index (χ0v) is 23.9. The predicted octanol–water partition coefficient (Wildman–Crippen LogP) is 3.07. The summed E-state index contributed by atoms with van der Waals surface area (Å²) in [6, 6.07) is 5.67. The summed E-state index contributed by atoms with van der Waals surface area (Å²) in [5, 5.41) is 5.10. The van der Waals surface area contributed by atoms with Crippen LogP contribution in [0, 0.1) is 11.8 Å². The van der Waals surface area contributed by atoms with Crippen molar-refractivity contribution in [2.24, 2.45) is 11.8 Å². The van der Waals surface area contributed by atoms with Gasteiger partial charge in [0.1, 0.15) is 5.00 Å². The molecule has 13 heteroatoms. The monoisotopic (exact) mass is 576 g/mol. The van der Waals surface area contributed by atoms with Crippen LogP contribution >= 0.6 is 11.3 Å². The zero-order chi connectivity index (χ0) is 28.5. The number of alkyl carbamates (subject to hydrolysis) is 1. The second kappa shape index (κ2) is 11.4. The van der Waals surface area contributed by atoms with E-state index in [1.54, 1.807) is 4.90 Å². The number of carbonyl (C=O) groups is 4. The average molecular weight is 577 g/mol. The van der Waals surface area contributed by atoms with E-state index in [0.717, 1.165) is 29.7 Å². The molecule has 2 N–H and O–H groups in total. The lowest BCUT2D eigenvalue weighted by molar-refractivity contribution is -0.129. The maximum Gasteiger partial charge on any atom is 0.413 e. The number of anilines is 1. The number of imide groups is 1. The molecule has 11 nitrogen and oxygen atoms in total. The third kappa shape index (κ3) is 6.15. The van der Waals surface area contributed by atoms with Gasteiger partial charge in [-0.1, -0.05) is 13.8 Å². The minimum absolute atomic E-state index is 0.106. The molecular formula is C26H32N4O7S2. The molecule has 2 aliphatic heterocycles. The van der Waals surface area contributed by atoms with Crippen LogP contribution in [0.1, 0.15) is 58.3 Å². The molecule has 4 amide bonds. The molecule has 2 aromatic rings. The number of fused-ring (bicyclic) bond motifs is 1. The third-order valence-corrected chi connectivity index (χ3v) is 9.93. The topological polar surface area (TPSA) is 142 Å². The van der Waals surface area contributed by atoms with Gasteiger partial charge in [0.25, 0.3) is 11.8 Å². The van der Waals surface area contributed by atoms with Crippen molar-refractivity contribution in [1.29, 1.82) is 0 Å². The fourth-order valence-electron chi connectivity index (χ4n) is 5.11. The highest BCUT2D eigenvalue weighted by Gasteiger charge is 2.33. The van der Waals surface area contributed by atoms with E-state index in [4.69, 9.17) is 0 Å². The van der Waals surface area contributed by atoms with E-state index in [1.807, 2.05) is 13.8 Å². The molecular weight excluding hydrogens is 544 g/mol. The Morgan fingerprint density at radius 2 is 1.67 bits per heavy atom. The van der Waals surface area contributed by atoms with Crippen LogP contribution in [-0.2, 0) is 32.5 Å². The minimum Gasteiger partial charge on any atom is -0.453 e. The van der Waals surface area contributed by atoms with Gasteiger partial charge in [0.15, 0.2) is 0 Å². The standard InChI is InChI=1S/C26H32N4O7S2/c1-15-11-16(2)13-30(12-15)39(35,36)19-7-5-18(6-8-19)23(32)27-25-22(24(33)28-26(34)37-4)20-9-10-29(17(3)31)14-21(20)38-25/h5-8,15-16H,9-14H2,1-4H3,(H,27,32)(H,28,33,34). The second-order valence-electron chi connectivity index (χ2n) is 10.1. The Hall–Kier alpha value is -3.29. The highest BCUT2D eigenvalue weighted by Crippen LogP contribution is 2.37. The summed E-state index contributed by atoms with van der Waals surface area (Å²) in [7, 11) is -2.57. The quantitative estimate of drug-likeness (QED) is 0.557. The van der Waals surface area contributed by atoms with E-state index in [-0.39, 0.29) is 45.3 Å². The van der Waals surface area contributed by atoms with Gasteiger partial charge < -0.3 is 15.0 Å². The van der Waals surface area contributed by atoms with Gasteiger partial charge in [0.2, 0.25) is 15.9 Å². The molecule has 2 atom stereocenters. The summed E-state index contributed by atoms with van der Waals surface area (Å²) in [5.74, 6) is -0.856. The molecule has 0 spiro atoms. The molecule has 4 rings (SSSR count). The zero-order valence-electron chi connectivity index (χ0n) is 22.3. The van der Waals surface area contributed by atoms with Crippen LogP contribution in [0.15, 0.2) is 29.2 Å². The number of benzene rings is 1. The fraction of sp³-hybridized carbons (Fsp3) is 0.462. The Balaban J connectivity index is 1.57. The van der Waals surface area contributed by atoms with Crippen LogP contribution < -0.4 is 10.6 Å². The van der Waals surface area contributed by atoms with Crippen LogP contribution in [0.5, 0.6) is 0 Å². The van der Waals surface area contributed by atoms with Crippen molar-refractivity contribution in [3.8, 4) is 0 Å². The number of nitrogens with one attached hydrogen (secondary N) is 2. The molecule has 0 aliphatic carbocycles. The van der Waals surface area contributed by atoms with Crippen LogP contribution in [0.3, 0.4) is 0 Å². The van der Waals surface area contributed by atoms with Gasteiger partial charge in [-0.3, -0.25) is 19.7 Å². The number of thiophene rings is 1. The largest absolute Gasteiger partial charge is 0.453 e. The second-order valence-corrected chi connectivity index (χ2v) is 13.1. The maximum atomic E-state index is 13.2. The van der Waals surface area contributed by atoms with E-state index in [0.29, 0.717) is 31.6 Å². The van der Waals surface area contributed by atoms with Crippen molar-refractivity contribution < 1.29 is 32.3 Å². The maximum absolute atomic E-state index is 13.2. The lowest BCUT2D eigenvalue weighted by atomic mass is 9.94. The highest BCUT2D eigenvalue weighted by molar-refractivity contribution is 7.89. The lowest BCUT2D eigenvalue weighted by Gasteiger charge is -2.34. The first-order chi connectivity index (χ1) is 18.4. The molecule has 210 valence electrons. The minimum atomic E-state index is -3.70. The Kier molecular flexibility index (Phi) is 8.42. The molecule has 3 heterocycles. The number of ether oxygens (including phenoxy) is 1. The fourth-order valence-corrected chi connectivity index (χ4v) is 8.05. The number of amides is 4. The molecule has 2 unspecified atom stereocenters. The van der Waals surface area contributed by atoms with Gasteiger partial charge >= 0.3 is 6.09 Å². The molecule has 2 aliphatic rings. The van der Waals surface area contributed by atoms with Gasteiger partial charge in [0, 0.05) is 37.0 Å². The number of carbonyl (C=O) groups excluding carboxylic acids is 4. The smallest absolute Gasteiger partial charge is 0.413 e. The SMILES string of the molecule is COC(=O)NC(=O)c1c(NC(=O)c2ccc(S(=O)(=O)N3CC(C)CC(C)C3)cc2)sc2c1CCN(C(C)=O)C2. The number of hydrogen-bond acceptors (Lipinski definition) is 8. The summed E-state index contributed by atoms with van der Waals surface area (Å²) >= 11 is 1.15. The van der Waals surface area contributed by atoms with Crippen LogP contribution in [0.4, 0.5) is 9.80 Å². The number of methoxy groups -OCH3 is 1. The van der Waals surface area contributed by atoms with Crippen LogP contribution in [0.2, 0.25) is 0 Å². The Bertz CT molecular complexity index is 1390. The van der Waals surface area contributed by atoms with E-state index in [2.05, 4.69) is 15.4 Å². The number of sulfonamides is 1. The summed E-state index contributed by atoms with van der Waals surface area (Å²) in [5.41, 5.74) is 0.996. The summed E-state index contributed by atoms with van der Waals surface area (Å²) in [6.07, 6.45) is 0.419. The molecule has 1 aromatic carbocycles. The van der Waals surface area contributed by atoms with Crippen LogP contribution in [0.25, 0.3) is 0 Å². The number of hydrogen-bond donors (Lipinski definition) is 2. The molecule has 39 heavy (non-hydrogen) atoms. The van der Waals surface area contributed by atoms with Gasteiger partial charge in [-0.25, -0.2) is 13.2 Å². The first-order valence-electron chi connectivity index (χ1n) is 12.6. The van der Waals surface area contributed by atoms with Crippen molar-refractivity contribution in [3.63, 3.8) is 0 Å². The van der Waals surface area contributed by atoms with Gasteiger partial charge in [-0.05, 0) is 54.5 Å². The van der Waals surface area contributed by atoms with Crippen LogP contribution in [-0.4, -0.2) is 68.2 Å². The highest BCUT2D eigenvalue weighted by atomic mass is 32.2. The third-order valence-electron chi connectivity index (χ3n) is 6.95. The van der Waals surface area contributed by atoms with Gasteiger partial charge in [-0.2, -0.15) is 4.31 Å². The molecule has 0 bridgehead atoms. The molecule has 0 radical (unpaired) electrons. The first-order valence-corrected chi connectivity index (χ1v) is 14.9. The first kappa shape index (κ1) is 28.7. The normalized spacial score (nSPS) is 19.6. The number of rotatable bonds is 5. The Labute approximate surface area is 231 Å². The number of nitrogens with zero attached hydrogens (tertiary/aromatic N) is 2. The van der Waals surface area contributed by atoms with E-state index in [1.165, 1.54) is 35.5 Å². The predicted molar refractivity (Wildman–Crippen MR) is 145 cm³/mol. The molecule has 0 saturated carbocycles. The van der Waals surface area contributed by atoms with E-state index in [9.17, 15) is 27.6 Å². The van der Waals surface area contributed by atoms with E-state index >= 15 is 0 Å². The summed E-state index contributed by atoms with van der Waals surface area (Å²) in [6.45, 7) is 7.11. The Morgan fingerprint density at radius 3 is 2.26 bits per heavy atom. The van der Waals surface area contributed by atoms with E-state index < -0.39 is 27.9 Å². The molecule has 1 saturated heterocycles. The van der Waals surface area contributed by atoms with Crippen molar-refractivity contribution >= 4 is 50.2 Å². The van der Waals surface area contributed by atoms with Crippen molar-refractivity contribution in [2.45, 2.75) is 45.1 Å². The number of piperidine rings is 1. The van der Waals surface area contributed by atoms with Crippen molar-refractivity contribution in [3.05, 3.63) is 45.8 Å². The summed E-state index contributed by atoms with van der Waals surface area (Å²) in [4.78, 5) is 52.2. The Morgan fingerprint density at radius 1 is 1.03 bits per heavy atom. The van der Waals surface area contributed by atoms with Gasteiger partial charge in [-0.15, -0.1) is 11.3 Å². The van der Waals surface area contributed by atoms with Crippen molar-refractivity contribution in [2.75, 3.05) is 32.1 Å². The summed E-state index contributed by atoms with van der Waals surface area (Å²) < 4.78 is 32.4. The average Bonchev–Trinajstić information content (AvgIpc) is 3.25.